The van der Waals surface area contributed by atoms with Gasteiger partial charge in [0.15, 0.2) is 11.8 Å². The number of hydrogen-bond donors (Lipinski definition) is 1. The Morgan fingerprint density at radius 1 is 1.12 bits per heavy atom. The highest BCUT2D eigenvalue weighted by Gasteiger charge is 2.42. The van der Waals surface area contributed by atoms with Crippen LogP contribution in [0.3, 0.4) is 0 Å². The minimum absolute atomic E-state index is 0.0158. The van der Waals surface area contributed by atoms with Gasteiger partial charge >= 0.3 is 11.9 Å². The summed E-state index contributed by atoms with van der Waals surface area (Å²) in [6, 6.07) is 7.46. The molecule has 0 bridgehead atoms. The van der Waals surface area contributed by atoms with Crippen LogP contribution in [0.2, 0.25) is 5.02 Å². The lowest BCUT2D eigenvalue weighted by Crippen LogP contribution is -2.33. The number of nitriles is 2. The molecule has 132 valence electrons. The van der Waals surface area contributed by atoms with E-state index in [0.717, 1.165) is 0 Å². The normalized spacial score (nSPS) is 12.6. The summed E-state index contributed by atoms with van der Waals surface area (Å²) in [4.78, 5) is 24.3. The van der Waals surface area contributed by atoms with Crippen molar-refractivity contribution >= 4 is 23.5 Å². The molecule has 0 aliphatic rings. The Morgan fingerprint density at radius 2 is 1.60 bits per heavy atom. The fourth-order valence-electron chi connectivity index (χ4n) is 2.37. The van der Waals surface area contributed by atoms with E-state index in [9.17, 15) is 25.2 Å². The second kappa shape index (κ2) is 9.51. The van der Waals surface area contributed by atoms with Gasteiger partial charge in [-0.1, -0.05) is 11.6 Å². The molecule has 0 saturated heterocycles. The quantitative estimate of drug-likeness (QED) is 0.738. The molecule has 0 radical (unpaired) electrons. The number of benzene rings is 1. The largest absolute Gasteiger partial charge is 0.508 e. The number of carbonyl (C=O) groups is 2. The van der Waals surface area contributed by atoms with Crippen molar-refractivity contribution in [3.05, 3.63) is 28.8 Å². The topological polar surface area (TPSA) is 120 Å². The average Bonchev–Trinajstić information content (AvgIpc) is 2.57. The molecule has 7 nitrogen and oxygen atoms in total. The zero-order valence-corrected chi connectivity index (χ0v) is 14.5. The standard InChI is InChI=1S/C17H17ClN2O5/c1-3-24-16(22)12(8-19)15(13(9-20)17(23)25-4-2)11-7-10(18)5-6-14(11)21/h5-7,12-13,15,21H,3-4H2,1-2H3/t12-,13-/m0/s1. The van der Waals surface area contributed by atoms with E-state index < -0.39 is 29.7 Å². The van der Waals surface area contributed by atoms with Crippen LogP contribution in [-0.2, 0) is 19.1 Å². The molecule has 1 aromatic rings. The third-order valence-corrected chi connectivity index (χ3v) is 3.66. The Hall–Kier alpha value is -2.77. The van der Waals surface area contributed by atoms with Crippen molar-refractivity contribution in [2.45, 2.75) is 19.8 Å². The lowest BCUT2D eigenvalue weighted by atomic mass is 9.77. The van der Waals surface area contributed by atoms with Crippen LogP contribution in [0.5, 0.6) is 5.75 Å². The van der Waals surface area contributed by atoms with Gasteiger partial charge in [0.25, 0.3) is 0 Å². The summed E-state index contributed by atoms with van der Waals surface area (Å²) < 4.78 is 9.73. The molecule has 0 saturated carbocycles. The molecule has 1 rings (SSSR count). The molecule has 2 atom stereocenters. The zero-order chi connectivity index (χ0) is 19.0. The van der Waals surface area contributed by atoms with Crippen molar-refractivity contribution in [2.24, 2.45) is 11.8 Å². The number of phenolic OH excluding ortho intramolecular Hbond substituents is 1. The highest BCUT2D eigenvalue weighted by Crippen LogP contribution is 2.39. The second-order valence-corrected chi connectivity index (χ2v) is 5.38. The molecule has 0 unspecified atom stereocenters. The first kappa shape index (κ1) is 20.3. The third-order valence-electron chi connectivity index (χ3n) is 3.43. The van der Waals surface area contributed by atoms with Gasteiger partial charge in [-0.3, -0.25) is 9.59 Å². The first-order valence-electron chi connectivity index (χ1n) is 7.52. The Morgan fingerprint density at radius 3 is 2.00 bits per heavy atom. The molecule has 8 heteroatoms. The van der Waals surface area contributed by atoms with Crippen LogP contribution in [0.4, 0.5) is 0 Å². The first-order chi connectivity index (χ1) is 11.9. The summed E-state index contributed by atoms with van der Waals surface area (Å²) in [7, 11) is 0. The number of ether oxygens (including phenoxy) is 2. The molecule has 1 N–H and O–H groups in total. The zero-order valence-electron chi connectivity index (χ0n) is 13.7. The second-order valence-electron chi connectivity index (χ2n) is 4.95. The molecule has 0 aliphatic heterocycles. The lowest BCUT2D eigenvalue weighted by molar-refractivity contribution is -0.150. The predicted octanol–water partition coefficient (Wildman–Crippen LogP) is 2.53. The summed E-state index contributed by atoms with van der Waals surface area (Å²) in [5, 5.41) is 29.2. The van der Waals surface area contributed by atoms with E-state index in [1.807, 2.05) is 0 Å². The van der Waals surface area contributed by atoms with Crippen molar-refractivity contribution in [3.63, 3.8) is 0 Å². The summed E-state index contributed by atoms with van der Waals surface area (Å²) in [6.45, 7) is 3.15. The van der Waals surface area contributed by atoms with Crippen LogP contribution in [0.25, 0.3) is 0 Å². The van der Waals surface area contributed by atoms with Crippen LogP contribution < -0.4 is 0 Å². The van der Waals surface area contributed by atoms with Crippen molar-refractivity contribution in [2.75, 3.05) is 13.2 Å². The monoisotopic (exact) mass is 364 g/mol. The van der Waals surface area contributed by atoms with E-state index in [1.165, 1.54) is 18.2 Å². The predicted molar refractivity (Wildman–Crippen MR) is 87.3 cm³/mol. The average molecular weight is 365 g/mol. The van der Waals surface area contributed by atoms with E-state index in [2.05, 4.69) is 0 Å². The fourth-order valence-corrected chi connectivity index (χ4v) is 2.55. The van der Waals surface area contributed by atoms with Gasteiger partial charge in [0.05, 0.1) is 25.4 Å². The third kappa shape index (κ3) is 4.85. The number of esters is 2. The maximum Gasteiger partial charge on any atom is 0.324 e. The van der Waals surface area contributed by atoms with Gasteiger partial charge in [-0.05, 0) is 32.0 Å². The maximum absolute atomic E-state index is 12.2. The molecule has 1 aromatic carbocycles. The molecule has 25 heavy (non-hydrogen) atoms. The van der Waals surface area contributed by atoms with Crippen LogP contribution in [-0.4, -0.2) is 30.3 Å². The van der Waals surface area contributed by atoms with Gasteiger partial charge in [-0.15, -0.1) is 0 Å². The Labute approximate surface area is 150 Å². The number of aromatic hydroxyl groups is 1. The van der Waals surface area contributed by atoms with Crippen LogP contribution in [0.15, 0.2) is 18.2 Å². The van der Waals surface area contributed by atoms with Crippen LogP contribution in [0, 0.1) is 34.5 Å². The van der Waals surface area contributed by atoms with Crippen molar-refractivity contribution in [1.82, 2.24) is 0 Å². The smallest absolute Gasteiger partial charge is 0.324 e. The summed E-state index contributed by atoms with van der Waals surface area (Å²) in [6.07, 6.45) is 0. The van der Waals surface area contributed by atoms with Crippen molar-refractivity contribution in [1.29, 1.82) is 10.5 Å². The summed E-state index contributed by atoms with van der Waals surface area (Å²) >= 11 is 5.93. The van der Waals surface area contributed by atoms with Gasteiger partial charge in [0, 0.05) is 16.5 Å². The first-order valence-corrected chi connectivity index (χ1v) is 7.89. The SMILES string of the molecule is CCOC(=O)[C@@H](C#N)C(c1cc(Cl)ccc1O)[C@H](C#N)C(=O)OCC. The highest BCUT2D eigenvalue weighted by atomic mass is 35.5. The van der Waals surface area contributed by atoms with Crippen LogP contribution in [0.1, 0.15) is 25.3 Å². The van der Waals surface area contributed by atoms with E-state index in [0.29, 0.717) is 0 Å². The van der Waals surface area contributed by atoms with E-state index >= 15 is 0 Å². The van der Waals surface area contributed by atoms with E-state index in [-0.39, 0.29) is 29.5 Å². The van der Waals surface area contributed by atoms with Gasteiger partial charge in [-0.25, -0.2) is 0 Å². The fraction of sp³-hybridized carbons (Fsp3) is 0.412. The van der Waals surface area contributed by atoms with Crippen molar-refractivity contribution < 1.29 is 24.2 Å². The number of rotatable bonds is 7. The van der Waals surface area contributed by atoms with Gasteiger partial charge in [0.1, 0.15) is 5.75 Å². The van der Waals surface area contributed by atoms with E-state index in [1.54, 1.807) is 26.0 Å². The Balaban J connectivity index is 3.52. The highest BCUT2D eigenvalue weighted by molar-refractivity contribution is 6.30. The minimum Gasteiger partial charge on any atom is -0.508 e. The molecular weight excluding hydrogens is 348 g/mol. The molecule has 0 spiro atoms. The van der Waals surface area contributed by atoms with Gasteiger partial charge < -0.3 is 14.6 Å². The van der Waals surface area contributed by atoms with Crippen molar-refractivity contribution in [3.8, 4) is 17.9 Å². The van der Waals surface area contributed by atoms with Crippen LogP contribution >= 0.6 is 11.6 Å². The molecule has 0 aromatic heterocycles. The van der Waals surface area contributed by atoms with Gasteiger partial charge in [0.2, 0.25) is 0 Å². The molecular formula is C17H17ClN2O5. The number of phenols is 1. The Bertz CT molecular complexity index is 687. The number of halogens is 1. The molecule has 0 fully saturated rings. The summed E-state index contributed by atoms with van der Waals surface area (Å²) in [5.74, 6) is -6.41. The number of carbonyl (C=O) groups excluding carboxylic acids is 2. The number of nitrogens with zero attached hydrogens (tertiary/aromatic N) is 2. The maximum atomic E-state index is 12.2. The van der Waals surface area contributed by atoms with Gasteiger partial charge in [-0.2, -0.15) is 10.5 Å². The minimum atomic E-state index is -1.50. The molecule has 0 heterocycles. The lowest BCUT2D eigenvalue weighted by Gasteiger charge is -2.25. The number of hydrogen-bond acceptors (Lipinski definition) is 7. The molecule has 0 aliphatic carbocycles. The Kier molecular flexibility index (Phi) is 7.71. The summed E-state index contributed by atoms with van der Waals surface area (Å²) in [5.41, 5.74) is 0.0201. The van der Waals surface area contributed by atoms with E-state index in [4.69, 9.17) is 21.1 Å². The molecule has 0 amide bonds.